The molecular weight excluding hydrogens is 300 g/mol. The van der Waals surface area contributed by atoms with Gasteiger partial charge in [0.25, 0.3) is 5.91 Å². The first-order valence-electron chi connectivity index (χ1n) is 6.88. The van der Waals surface area contributed by atoms with Crippen molar-refractivity contribution in [2.24, 2.45) is 11.7 Å². The molecule has 0 saturated heterocycles. The molecule has 0 aliphatic rings. The van der Waals surface area contributed by atoms with Gasteiger partial charge in [-0.15, -0.1) is 0 Å². The molecule has 0 bridgehead atoms. The topological polar surface area (TPSA) is 55.1 Å². The highest BCUT2D eigenvalue weighted by molar-refractivity contribution is 5.95. The third-order valence-corrected chi connectivity index (χ3v) is 3.27. The van der Waals surface area contributed by atoms with E-state index in [-0.39, 0.29) is 12.5 Å². The number of rotatable bonds is 5. The number of benzene rings is 1. The molecule has 124 valence electrons. The Balaban J connectivity index is 3.09. The molecule has 0 fully saturated rings. The SMILES string of the molecule is CC(C)CC(C)(CN)NC(=O)c1cccc(C(F)(F)F)c1F. The lowest BCUT2D eigenvalue weighted by atomic mass is 9.90. The van der Waals surface area contributed by atoms with Crippen molar-refractivity contribution in [2.75, 3.05) is 6.54 Å². The maximum absolute atomic E-state index is 13.9. The van der Waals surface area contributed by atoms with Crippen LogP contribution in [0.2, 0.25) is 0 Å². The van der Waals surface area contributed by atoms with Crippen molar-refractivity contribution < 1.29 is 22.4 Å². The molecule has 1 aromatic carbocycles. The first-order chi connectivity index (χ1) is 10.00. The minimum Gasteiger partial charge on any atom is -0.346 e. The number of nitrogens with two attached hydrogens (primary N) is 1. The fourth-order valence-corrected chi connectivity index (χ4v) is 2.35. The average molecular weight is 320 g/mol. The quantitative estimate of drug-likeness (QED) is 0.818. The molecule has 0 aliphatic carbocycles. The smallest absolute Gasteiger partial charge is 0.346 e. The molecule has 22 heavy (non-hydrogen) atoms. The second-order valence-corrected chi connectivity index (χ2v) is 5.98. The van der Waals surface area contributed by atoms with Gasteiger partial charge in [-0.1, -0.05) is 19.9 Å². The monoisotopic (exact) mass is 320 g/mol. The minimum absolute atomic E-state index is 0.0947. The third kappa shape index (κ3) is 4.43. The average Bonchev–Trinajstić information content (AvgIpc) is 2.36. The molecule has 1 unspecified atom stereocenters. The van der Waals surface area contributed by atoms with Crippen LogP contribution in [-0.2, 0) is 6.18 Å². The van der Waals surface area contributed by atoms with E-state index in [2.05, 4.69) is 5.32 Å². The van der Waals surface area contributed by atoms with Crippen LogP contribution in [0.15, 0.2) is 18.2 Å². The summed E-state index contributed by atoms with van der Waals surface area (Å²) in [6.45, 7) is 5.61. The van der Waals surface area contributed by atoms with Crippen molar-refractivity contribution >= 4 is 5.91 Å². The summed E-state index contributed by atoms with van der Waals surface area (Å²) in [5.41, 5.74) is 2.72. The second kappa shape index (κ2) is 6.64. The lowest BCUT2D eigenvalue weighted by Crippen LogP contribution is -2.52. The highest BCUT2D eigenvalue weighted by Crippen LogP contribution is 2.32. The van der Waals surface area contributed by atoms with Gasteiger partial charge in [0, 0.05) is 12.1 Å². The number of carbonyl (C=O) groups excluding carboxylic acids is 1. The number of carbonyl (C=O) groups is 1. The van der Waals surface area contributed by atoms with Crippen molar-refractivity contribution in [3.8, 4) is 0 Å². The fourth-order valence-electron chi connectivity index (χ4n) is 2.35. The Bertz CT molecular complexity index is 543. The highest BCUT2D eigenvalue weighted by Gasteiger charge is 2.36. The molecule has 0 heterocycles. The molecule has 1 amide bonds. The number of alkyl halides is 3. The number of hydrogen-bond acceptors (Lipinski definition) is 2. The number of amides is 1. The molecule has 0 saturated carbocycles. The summed E-state index contributed by atoms with van der Waals surface area (Å²) in [7, 11) is 0. The molecule has 0 spiro atoms. The first-order valence-corrected chi connectivity index (χ1v) is 6.88. The molecular formula is C15H20F4N2O. The zero-order valence-electron chi connectivity index (χ0n) is 12.7. The molecule has 1 atom stereocenters. The van der Waals surface area contributed by atoms with Crippen LogP contribution >= 0.6 is 0 Å². The first kappa shape index (κ1) is 18.4. The Morgan fingerprint density at radius 3 is 2.36 bits per heavy atom. The molecule has 1 rings (SSSR count). The van der Waals surface area contributed by atoms with E-state index >= 15 is 0 Å². The van der Waals surface area contributed by atoms with E-state index in [1.54, 1.807) is 6.92 Å². The van der Waals surface area contributed by atoms with Crippen LogP contribution in [0.25, 0.3) is 0 Å². The van der Waals surface area contributed by atoms with Crippen LogP contribution in [0.3, 0.4) is 0 Å². The predicted molar refractivity (Wildman–Crippen MR) is 75.8 cm³/mol. The number of nitrogens with one attached hydrogen (secondary N) is 1. The van der Waals surface area contributed by atoms with Crippen LogP contribution in [0.5, 0.6) is 0 Å². The van der Waals surface area contributed by atoms with Crippen molar-refractivity contribution in [1.29, 1.82) is 0 Å². The van der Waals surface area contributed by atoms with Gasteiger partial charge in [0.15, 0.2) is 0 Å². The lowest BCUT2D eigenvalue weighted by Gasteiger charge is -2.31. The molecule has 0 aromatic heterocycles. The van der Waals surface area contributed by atoms with Gasteiger partial charge < -0.3 is 11.1 Å². The van der Waals surface area contributed by atoms with Crippen LogP contribution < -0.4 is 11.1 Å². The lowest BCUT2D eigenvalue weighted by molar-refractivity contribution is -0.140. The van der Waals surface area contributed by atoms with Gasteiger partial charge in [-0.3, -0.25) is 4.79 Å². The van der Waals surface area contributed by atoms with E-state index in [0.717, 1.165) is 12.1 Å². The van der Waals surface area contributed by atoms with E-state index in [1.807, 2.05) is 13.8 Å². The zero-order chi connectivity index (χ0) is 17.1. The van der Waals surface area contributed by atoms with Gasteiger partial charge in [0.2, 0.25) is 0 Å². The van der Waals surface area contributed by atoms with E-state index in [0.29, 0.717) is 12.5 Å². The van der Waals surface area contributed by atoms with Crippen LogP contribution in [0.4, 0.5) is 17.6 Å². The Hall–Kier alpha value is -1.63. The standard InChI is InChI=1S/C15H20F4N2O/c1-9(2)7-14(3,8-20)21-13(22)10-5-4-6-11(12(10)16)15(17,18)19/h4-6,9H,7-8,20H2,1-3H3,(H,21,22). The summed E-state index contributed by atoms with van der Waals surface area (Å²) in [4.78, 5) is 12.1. The number of hydrogen-bond donors (Lipinski definition) is 2. The van der Waals surface area contributed by atoms with Crippen LogP contribution in [0.1, 0.15) is 43.1 Å². The summed E-state index contributed by atoms with van der Waals surface area (Å²) in [5, 5.41) is 2.54. The Labute approximate surface area is 126 Å². The second-order valence-electron chi connectivity index (χ2n) is 5.98. The largest absolute Gasteiger partial charge is 0.419 e. The third-order valence-electron chi connectivity index (χ3n) is 3.27. The van der Waals surface area contributed by atoms with E-state index < -0.39 is 34.6 Å². The summed E-state index contributed by atoms with van der Waals surface area (Å²) in [6, 6.07) is 2.62. The van der Waals surface area contributed by atoms with Crippen molar-refractivity contribution in [1.82, 2.24) is 5.32 Å². The van der Waals surface area contributed by atoms with Gasteiger partial charge in [-0.05, 0) is 31.4 Å². The predicted octanol–water partition coefficient (Wildman–Crippen LogP) is 3.34. The van der Waals surface area contributed by atoms with Crippen LogP contribution in [0, 0.1) is 11.7 Å². The van der Waals surface area contributed by atoms with Gasteiger partial charge >= 0.3 is 6.18 Å². The molecule has 3 N–H and O–H groups in total. The molecule has 1 aromatic rings. The number of halogens is 4. The van der Waals surface area contributed by atoms with Crippen molar-refractivity contribution in [3.63, 3.8) is 0 Å². The van der Waals surface area contributed by atoms with Gasteiger partial charge in [0.1, 0.15) is 5.82 Å². The minimum atomic E-state index is -4.85. The normalized spacial score (nSPS) is 14.8. The van der Waals surface area contributed by atoms with E-state index in [1.165, 1.54) is 0 Å². The zero-order valence-corrected chi connectivity index (χ0v) is 12.7. The molecule has 0 aliphatic heterocycles. The molecule has 0 radical (unpaired) electrons. The van der Waals surface area contributed by atoms with E-state index in [9.17, 15) is 22.4 Å². The Kier molecular flexibility index (Phi) is 5.56. The van der Waals surface area contributed by atoms with Gasteiger partial charge in [-0.25, -0.2) is 4.39 Å². The van der Waals surface area contributed by atoms with Crippen LogP contribution in [-0.4, -0.2) is 18.0 Å². The van der Waals surface area contributed by atoms with Gasteiger partial charge in [0.05, 0.1) is 11.1 Å². The highest BCUT2D eigenvalue weighted by atomic mass is 19.4. The maximum Gasteiger partial charge on any atom is 0.419 e. The summed E-state index contributed by atoms with van der Waals surface area (Å²) < 4.78 is 52.0. The van der Waals surface area contributed by atoms with Crippen molar-refractivity contribution in [2.45, 2.75) is 38.9 Å². The maximum atomic E-state index is 13.9. The fraction of sp³-hybridized carbons (Fsp3) is 0.533. The van der Waals surface area contributed by atoms with Gasteiger partial charge in [-0.2, -0.15) is 13.2 Å². The Morgan fingerprint density at radius 2 is 1.91 bits per heavy atom. The molecule has 7 heteroatoms. The summed E-state index contributed by atoms with van der Waals surface area (Å²) >= 11 is 0. The van der Waals surface area contributed by atoms with Crippen molar-refractivity contribution in [3.05, 3.63) is 35.1 Å². The molecule has 3 nitrogen and oxygen atoms in total. The Morgan fingerprint density at radius 1 is 1.32 bits per heavy atom. The summed E-state index contributed by atoms with van der Waals surface area (Å²) in [6.07, 6.45) is -4.33. The van der Waals surface area contributed by atoms with E-state index in [4.69, 9.17) is 5.73 Å². The summed E-state index contributed by atoms with van der Waals surface area (Å²) in [5.74, 6) is -2.27.